The van der Waals surface area contributed by atoms with Gasteiger partial charge in [0.05, 0.1) is 18.6 Å². The number of nitrogens with one attached hydrogen (secondary N) is 1. The Balaban J connectivity index is 2.67. The van der Waals surface area contributed by atoms with Gasteiger partial charge in [0.1, 0.15) is 0 Å². The topological polar surface area (TPSA) is 67.8 Å². The van der Waals surface area contributed by atoms with E-state index in [1.54, 1.807) is 21.0 Å². The summed E-state index contributed by atoms with van der Waals surface area (Å²) in [6.45, 7) is 8.64. The number of carbonyl (C=O) groups is 1. The van der Waals surface area contributed by atoms with E-state index in [0.29, 0.717) is 25.3 Å². The molecule has 0 atom stereocenters. The summed E-state index contributed by atoms with van der Waals surface area (Å²) < 4.78 is 11.2. The number of carboxylic acids is 1. The van der Waals surface area contributed by atoms with Gasteiger partial charge in [0.15, 0.2) is 11.5 Å². The number of para-hydroxylation sites is 1. The molecule has 2 N–H and O–H groups in total. The fourth-order valence-electron chi connectivity index (χ4n) is 1.96. The molecule has 0 aliphatic heterocycles. The van der Waals surface area contributed by atoms with Crippen LogP contribution in [0.15, 0.2) is 18.2 Å². The van der Waals surface area contributed by atoms with Crippen LogP contribution < -0.4 is 14.8 Å². The van der Waals surface area contributed by atoms with Crippen LogP contribution in [0.5, 0.6) is 11.5 Å². The van der Waals surface area contributed by atoms with Gasteiger partial charge in [-0.15, -0.1) is 0 Å². The van der Waals surface area contributed by atoms with Gasteiger partial charge in [0.25, 0.3) is 0 Å². The molecule has 0 fully saturated rings. The molecule has 5 heteroatoms. The maximum Gasteiger partial charge on any atom is 0.309 e. The second-order valence-corrected chi connectivity index (χ2v) is 6.23. The van der Waals surface area contributed by atoms with Crippen LogP contribution in [0.25, 0.3) is 0 Å². The number of hydrogen-bond acceptors (Lipinski definition) is 4. The Hall–Kier alpha value is -1.75. The Bertz CT molecular complexity index is 497. The van der Waals surface area contributed by atoms with Crippen LogP contribution >= 0.6 is 0 Å². The van der Waals surface area contributed by atoms with Crippen molar-refractivity contribution in [2.45, 2.75) is 46.8 Å². The summed E-state index contributed by atoms with van der Waals surface area (Å²) >= 11 is 0. The molecule has 0 heterocycles. The summed E-state index contributed by atoms with van der Waals surface area (Å²) in [6, 6.07) is 5.77. The monoisotopic (exact) mass is 309 g/mol. The Labute approximate surface area is 132 Å². The van der Waals surface area contributed by atoms with Gasteiger partial charge < -0.3 is 19.9 Å². The van der Waals surface area contributed by atoms with Crippen LogP contribution in [0, 0.1) is 5.41 Å². The van der Waals surface area contributed by atoms with E-state index >= 15 is 0 Å². The third-order valence-corrected chi connectivity index (χ3v) is 3.46. The van der Waals surface area contributed by atoms with E-state index in [4.69, 9.17) is 14.6 Å². The first-order valence-electron chi connectivity index (χ1n) is 7.54. The number of benzene rings is 1. The predicted octanol–water partition coefficient (Wildman–Crippen LogP) is 3.07. The molecule has 0 saturated carbocycles. The zero-order valence-electron chi connectivity index (χ0n) is 14.1. The highest BCUT2D eigenvalue weighted by molar-refractivity contribution is 5.73. The van der Waals surface area contributed by atoms with Crippen LogP contribution in [-0.2, 0) is 11.3 Å². The lowest BCUT2D eigenvalue weighted by molar-refractivity contribution is -0.147. The Kier molecular flexibility index (Phi) is 6.68. The average molecular weight is 309 g/mol. The molecule has 0 aliphatic rings. The number of carboxylic acid groups (broad SMARTS) is 1. The van der Waals surface area contributed by atoms with E-state index in [1.165, 1.54) is 0 Å². The molecule has 0 unspecified atom stereocenters. The van der Waals surface area contributed by atoms with Gasteiger partial charge >= 0.3 is 5.97 Å². The lowest BCUT2D eigenvalue weighted by Gasteiger charge is -2.20. The number of ether oxygens (including phenoxy) is 2. The number of hydrogen-bond donors (Lipinski definition) is 2. The first-order chi connectivity index (χ1) is 10.3. The average Bonchev–Trinajstić information content (AvgIpc) is 2.44. The van der Waals surface area contributed by atoms with E-state index < -0.39 is 11.4 Å². The fourth-order valence-corrected chi connectivity index (χ4v) is 1.96. The molecule has 1 aromatic rings. The molecule has 0 spiro atoms. The van der Waals surface area contributed by atoms with Crippen LogP contribution in [0.2, 0.25) is 0 Å². The Morgan fingerprint density at radius 3 is 2.59 bits per heavy atom. The molecule has 1 aromatic carbocycles. The molecular weight excluding hydrogens is 282 g/mol. The summed E-state index contributed by atoms with van der Waals surface area (Å²) in [7, 11) is 1.62. The van der Waals surface area contributed by atoms with Crippen molar-refractivity contribution in [3.8, 4) is 11.5 Å². The first-order valence-corrected chi connectivity index (χ1v) is 7.54. The Morgan fingerprint density at radius 2 is 2.05 bits per heavy atom. The highest BCUT2D eigenvalue weighted by Crippen LogP contribution is 2.32. The second kappa shape index (κ2) is 8.03. The van der Waals surface area contributed by atoms with Crippen molar-refractivity contribution in [2.75, 3.05) is 13.7 Å². The largest absolute Gasteiger partial charge is 0.493 e. The number of aliphatic carboxylic acids is 1. The second-order valence-electron chi connectivity index (χ2n) is 6.23. The van der Waals surface area contributed by atoms with Crippen LogP contribution in [0.3, 0.4) is 0 Å². The smallest absolute Gasteiger partial charge is 0.309 e. The van der Waals surface area contributed by atoms with Gasteiger partial charge in [-0.3, -0.25) is 4.79 Å². The summed E-state index contributed by atoms with van der Waals surface area (Å²) in [4.78, 5) is 11.1. The molecular formula is C17H27NO4. The van der Waals surface area contributed by atoms with Crippen LogP contribution in [0.1, 0.15) is 39.7 Å². The maximum absolute atomic E-state index is 11.1. The summed E-state index contributed by atoms with van der Waals surface area (Å²) in [5, 5.41) is 12.4. The van der Waals surface area contributed by atoms with Crippen molar-refractivity contribution >= 4 is 5.97 Å². The number of rotatable bonds is 9. The predicted molar refractivity (Wildman–Crippen MR) is 86.5 cm³/mol. The van der Waals surface area contributed by atoms with Crippen molar-refractivity contribution in [2.24, 2.45) is 5.41 Å². The van der Waals surface area contributed by atoms with Crippen molar-refractivity contribution < 1.29 is 19.4 Å². The Morgan fingerprint density at radius 1 is 1.36 bits per heavy atom. The zero-order chi connectivity index (χ0) is 16.8. The molecule has 0 bridgehead atoms. The van der Waals surface area contributed by atoms with E-state index in [2.05, 4.69) is 5.32 Å². The van der Waals surface area contributed by atoms with Gasteiger partial charge in [-0.05, 0) is 46.7 Å². The normalized spacial score (nSPS) is 11.5. The molecule has 22 heavy (non-hydrogen) atoms. The quantitative estimate of drug-likeness (QED) is 0.686. The van der Waals surface area contributed by atoms with Crippen molar-refractivity contribution in [1.29, 1.82) is 0 Å². The van der Waals surface area contributed by atoms with Gasteiger partial charge in [-0.1, -0.05) is 12.1 Å². The third-order valence-electron chi connectivity index (χ3n) is 3.46. The molecule has 0 saturated heterocycles. The minimum Gasteiger partial charge on any atom is -0.493 e. The highest BCUT2D eigenvalue weighted by atomic mass is 16.5. The van der Waals surface area contributed by atoms with Crippen molar-refractivity contribution in [3.05, 3.63) is 23.8 Å². The molecule has 1 rings (SSSR count). The van der Waals surface area contributed by atoms with Crippen molar-refractivity contribution in [1.82, 2.24) is 5.32 Å². The molecule has 0 aromatic heterocycles. The summed E-state index contributed by atoms with van der Waals surface area (Å²) in [5.41, 5.74) is 0.278. The minimum atomic E-state index is -0.778. The standard InChI is InChI=1S/C17H27NO4/c1-12(2)22-15-13(7-6-8-14(15)21-5)11-18-10-9-17(3,4)16(19)20/h6-8,12,18H,9-11H2,1-5H3,(H,19,20). The van der Waals surface area contributed by atoms with Gasteiger partial charge in [0.2, 0.25) is 0 Å². The third kappa shape index (κ3) is 5.22. The molecule has 124 valence electrons. The van der Waals surface area contributed by atoms with E-state index in [-0.39, 0.29) is 6.10 Å². The molecule has 0 radical (unpaired) electrons. The fraction of sp³-hybridized carbons (Fsp3) is 0.588. The molecule has 0 amide bonds. The summed E-state index contributed by atoms with van der Waals surface area (Å²) in [6.07, 6.45) is 0.619. The summed E-state index contributed by atoms with van der Waals surface area (Å²) in [5.74, 6) is 0.670. The zero-order valence-corrected chi connectivity index (χ0v) is 14.1. The SMILES string of the molecule is COc1cccc(CNCCC(C)(C)C(=O)O)c1OC(C)C. The van der Waals surface area contributed by atoms with Crippen LogP contribution in [0.4, 0.5) is 0 Å². The lowest BCUT2D eigenvalue weighted by Crippen LogP contribution is -2.29. The van der Waals surface area contributed by atoms with Gasteiger partial charge in [-0.25, -0.2) is 0 Å². The first kappa shape index (κ1) is 18.3. The molecule has 5 nitrogen and oxygen atoms in total. The van der Waals surface area contributed by atoms with Gasteiger partial charge in [0, 0.05) is 12.1 Å². The minimum absolute atomic E-state index is 0.0565. The molecule has 0 aliphatic carbocycles. The van der Waals surface area contributed by atoms with Crippen molar-refractivity contribution in [3.63, 3.8) is 0 Å². The lowest BCUT2D eigenvalue weighted by atomic mass is 9.90. The van der Waals surface area contributed by atoms with E-state index in [0.717, 1.165) is 11.3 Å². The highest BCUT2D eigenvalue weighted by Gasteiger charge is 2.26. The van der Waals surface area contributed by atoms with Crippen LogP contribution in [-0.4, -0.2) is 30.8 Å². The maximum atomic E-state index is 11.1. The van der Waals surface area contributed by atoms with Gasteiger partial charge in [-0.2, -0.15) is 0 Å². The van der Waals surface area contributed by atoms with E-state index in [9.17, 15) is 4.79 Å². The van der Waals surface area contributed by atoms with E-state index in [1.807, 2.05) is 32.0 Å². The number of methoxy groups -OCH3 is 1.